The van der Waals surface area contributed by atoms with E-state index in [0.717, 1.165) is 21.6 Å². The van der Waals surface area contributed by atoms with Gasteiger partial charge in [-0.1, -0.05) is 54.6 Å². The minimum absolute atomic E-state index is 0.0983. The van der Waals surface area contributed by atoms with Crippen LogP contribution in [0.4, 0.5) is 0 Å². The summed E-state index contributed by atoms with van der Waals surface area (Å²) in [4.78, 5) is 52.9. The van der Waals surface area contributed by atoms with Gasteiger partial charge in [-0.3, -0.25) is 14.5 Å². The van der Waals surface area contributed by atoms with Gasteiger partial charge in [0, 0.05) is 23.4 Å². The fraction of sp³-hybridized carbons (Fsp3) is 0.172. The van der Waals surface area contributed by atoms with Crippen LogP contribution in [0.2, 0.25) is 0 Å². The molecule has 0 bridgehead atoms. The predicted octanol–water partition coefficient (Wildman–Crippen LogP) is 4.36. The summed E-state index contributed by atoms with van der Waals surface area (Å²) in [7, 11) is 0. The third-order valence-electron chi connectivity index (χ3n) is 6.57. The number of amides is 2. The molecule has 1 atom stereocenters. The number of imide groups is 1. The maximum Gasteiger partial charge on any atom is 0.336 e. The van der Waals surface area contributed by atoms with Crippen LogP contribution >= 0.6 is 0 Å². The van der Waals surface area contributed by atoms with Crippen LogP contribution in [-0.2, 0) is 22.6 Å². The highest BCUT2D eigenvalue weighted by Crippen LogP contribution is 2.28. The average molecular weight is 482 g/mol. The molecule has 0 saturated carbocycles. The van der Waals surface area contributed by atoms with Crippen LogP contribution in [0.25, 0.3) is 11.0 Å². The first-order valence-corrected chi connectivity index (χ1v) is 11.6. The minimum Gasteiger partial charge on any atom is -0.459 e. The first kappa shape index (κ1) is 23.2. The summed E-state index contributed by atoms with van der Waals surface area (Å²) >= 11 is 0. The van der Waals surface area contributed by atoms with Crippen LogP contribution in [-0.4, -0.2) is 28.7 Å². The number of ether oxygens (including phenoxy) is 1. The monoisotopic (exact) mass is 481 g/mol. The van der Waals surface area contributed by atoms with Gasteiger partial charge in [0.2, 0.25) is 0 Å². The normalized spacial score (nSPS) is 13.7. The molecule has 1 aliphatic rings. The predicted molar refractivity (Wildman–Crippen MR) is 133 cm³/mol. The molecule has 7 heteroatoms. The Morgan fingerprint density at radius 3 is 2.19 bits per heavy atom. The highest BCUT2D eigenvalue weighted by molar-refractivity contribution is 6.22. The van der Waals surface area contributed by atoms with Crippen LogP contribution < -0.4 is 5.63 Å². The van der Waals surface area contributed by atoms with E-state index in [2.05, 4.69) is 0 Å². The molecule has 0 radical (unpaired) electrons. The van der Waals surface area contributed by atoms with E-state index in [1.54, 1.807) is 24.3 Å². The quantitative estimate of drug-likeness (QED) is 0.231. The van der Waals surface area contributed by atoms with E-state index in [0.29, 0.717) is 16.5 Å². The van der Waals surface area contributed by atoms with Crippen LogP contribution in [0.3, 0.4) is 0 Å². The van der Waals surface area contributed by atoms with Crippen molar-refractivity contribution in [3.63, 3.8) is 0 Å². The molecule has 7 nitrogen and oxygen atoms in total. The summed E-state index contributed by atoms with van der Waals surface area (Å²) in [5.74, 6) is -1.81. The van der Waals surface area contributed by atoms with E-state index in [1.165, 1.54) is 6.07 Å². The lowest BCUT2D eigenvalue weighted by Gasteiger charge is -2.25. The van der Waals surface area contributed by atoms with Gasteiger partial charge in [0.25, 0.3) is 11.8 Å². The van der Waals surface area contributed by atoms with Gasteiger partial charge in [-0.25, -0.2) is 9.59 Å². The summed E-state index contributed by atoms with van der Waals surface area (Å²) < 4.78 is 11.0. The van der Waals surface area contributed by atoms with Crippen molar-refractivity contribution in [2.45, 2.75) is 32.9 Å². The van der Waals surface area contributed by atoms with E-state index in [1.807, 2.05) is 56.3 Å². The molecule has 5 rings (SSSR count). The van der Waals surface area contributed by atoms with Crippen molar-refractivity contribution < 1.29 is 23.5 Å². The Morgan fingerprint density at radius 2 is 1.53 bits per heavy atom. The molecule has 0 saturated heterocycles. The highest BCUT2D eigenvalue weighted by Gasteiger charge is 2.43. The van der Waals surface area contributed by atoms with E-state index >= 15 is 0 Å². The number of carbonyl (C=O) groups is 3. The van der Waals surface area contributed by atoms with Crippen molar-refractivity contribution in [2.75, 3.05) is 0 Å². The number of nitrogens with zero attached hydrogens (tertiary/aromatic N) is 1. The van der Waals surface area contributed by atoms with Gasteiger partial charge in [0.05, 0.1) is 11.1 Å². The zero-order chi connectivity index (χ0) is 25.4. The van der Waals surface area contributed by atoms with Gasteiger partial charge >= 0.3 is 11.6 Å². The molecule has 3 aromatic carbocycles. The fourth-order valence-corrected chi connectivity index (χ4v) is 4.50. The van der Waals surface area contributed by atoms with Gasteiger partial charge in [0.15, 0.2) is 0 Å². The number of rotatable bonds is 6. The maximum absolute atomic E-state index is 13.4. The molecule has 0 N–H and O–H groups in total. The number of benzene rings is 3. The standard InChI is InChI=1S/C29H23NO6/c1-17-12-13-21-20(15-25(31)36-26(21)18(17)2)16-35-29(34)24(14-19-8-4-3-5-9-19)30-27(32)22-10-6-7-11-23(22)28(30)33/h3-13,15,24H,14,16H2,1-2H3. The molecule has 0 aliphatic carbocycles. The lowest BCUT2D eigenvalue weighted by molar-refractivity contribution is -0.149. The molecule has 0 spiro atoms. The molecular weight excluding hydrogens is 458 g/mol. The zero-order valence-corrected chi connectivity index (χ0v) is 19.8. The smallest absolute Gasteiger partial charge is 0.336 e. The number of esters is 1. The van der Waals surface area contributed by atoms with Gasteiger partial charge < -0.3 is 9.15 Å². The molecule has 2 amide bonds. The number of aryl methyl sites for hydroxylation is 2. The summed E-state index contributed by atoms with van der Waals surface area (Å²) in [6.07, 6.45) is 0.0983. The summed E-state index contributed by atoms with van der Waals surface area (Å²) in [6.45, 7) is 3.56. The molecule has 180 valence electrons. The fourth-order valence-electron chi connectivity index (χ4n) is 4.50. The second-order valence-corrected chi connectivity index (χ2v) is 8.81. The third kappa shape index (κ3) is 4.09. The highest BCUT2D eigenvalue weighted by atomic mass is 16.5. The molecule has 1 aromatic heterocycles. The van der Waals surface area contributed by atoms with Crippen molar-refractivity contribution in [3.05, 3.63) is 117 Å². The SMILES string of the molecule is Cc1ccc2c(COC(=O)C(Cc3ccccc3)N3C(=O)c4ccccc4C3=O)cc(=O)oc2c1C. The van der Waals surface area contributed by atoms with Crippen LogP contribution in [0.1, 0.15) is 43.0 Å². The number of fused-ring (bicyclic) bond motifs is 2. The Kier molecular flexibility index (Phi) is 5.98. The molecule has 2 heterocycles. The van der Waals surface area contributed by atoms with Crippen molar-refractivity contribution in [3.8, 4) is 0 Å². The topological polar surface area (TPSA) is 93.9 Å². The van der Waals surface area contributed by atoms with Crippen molar-refractivity contribution in [2.24, 2.45) is 0 Å². The number of carbonyl (C=O) groups excluding carboxylic acids is 3. The van der Waals surface area contributed by atoms with Gasteiger partial charge in [0.1, 0.15) is 18.2 Å². The molecule has 0 fully saturated rings. The van der Waals surface area contributed by atoms with E-state index in [4.69, 9.17) is 9.15 Å². The molecule has 1 unspecified atom stereocenters. The Bertz CT molecular complexity index is 1540. The van der Waals surface area contributed by atoms with Crippen LogP contribution in [0.5, 0.6) is 0 Å². The number of hydrogen-bond acceptors (Lipinski definition) is 6. The second-order valence-electron chi connectivity index (χ2n) is 8.81. The summed E-state index contributed by atoms with van der Waals surface area (Å²) in [5, 5.41) is 0.658. The Labute approximate surface area is 206 Å². The van der Waals surface area contributed by atoms with E-state index < -0.39 is 29.5 Å². The van der Waals surface area contributed by atoms with Gasteiger partial charge in [-0.15, -0.1) is 0 Å². The lowest BCUT2D eigenvalue weighted by atomic mass is 10.0. The van der Waals surface area contributed by atoms with Crippen molar-refractivity contribution in [1.29, 1.82) is 0 Å². The third-order valence-corrected chi connectivity index (χ3v) is 6.57. The van der Waals surface area contributed by atoms with Crippen molar-refractivity contribution in [1.82, 2.24) is 4.90 Å². The van der Waals surface area contributed by atoms with Gasteiger partial charge in [-0.05, 0) is 42.7 Å². The van der Waals surface area contributed by atoms with Crippen LogP contribution in [0.15, 0.2) is 82.0 Å². The lowest BCUT2D eigenvalue weighted by Crippen LogP contribution is -2.47. The summed E-state index contributed by atoms with van der Waals surface area (Å²) in [5.41, 5.74) is 3.44. The Balaban J connectivity index is 1.47. The minimum atomic E-state index is -1.17. The average Bonchev–Trinajstić information content (AvgIpc) is 3.14. The first-order chi connectivity index (χ1) is 17.3. The molecule has 1 aliphatic heterocycles. The van der Waals surface area contributed by atoms with E-state index in [-0.39, 0.29) is 24.2 Å². The molecule has 4 aromatic rings. The van der Waals surface area contributed by atoms with E-state index in [9.17, 15) is 19.2 Å². The Hall–Kier alpha value is -4.52. The first-order valence-electron chi connectivity index (χ1n) is 11.6. The largest absolute Gasteiger partial charge is 0.459 e. The maximum atomic E-state index is 13.4. The molecular formula is C29H23NO6. The summed E-state index contributed by atoms with van der Waals surface area (Å²) in [6, 6.07) is 19.4. The molecule has 36 heavy (non-hydrogen) atoms. The number of hydrogen-bond donors (Lipinski definition) is 0. The van der Waals surface area contributed by atoms with Crippen LogP contribution in [0, 0.1) is 13.8 Å². The Morgan fingerprint density at radius 1 is 0.889 bits per heavy atom. The zero-order valence-electron chi connectivity index (χ0n) is 19.8. The van der Waals surface area contributed by atoms with Crippen molar-refractivity contribution >= 4 is 28.8 Å². The second kappa shape index (κ2) is 9.26. The van der Waals surface area contributed by atoms with Gasteiger partial charge in [-0.2, -0.15) is 0 Å².